The van der Waals surface area contributed by atoms with Gasteiger partial charge in [0.25, 0.3) is 5.69 Å². The van der Waals surface area contributed by atoms with Crippen LogP contribution in [0.3, 0.4) is 0 Å². The SMILES string of the molecule is O=C1NC(c2cccc([N+](=O)[O-])c2)C(C(=O)c2ccccc2)C(O)(C(F)(F)F)N1. The zero-order valence-electron chi connectivity index (χ0n) is 14.5. The highest BCUT2D eigenvalue weighted by Gasteiger charge is 2.66. The Morgan fingerprint density at radius 2 is 1.79 bits per heavy atom. The molecule has 0 bridgehead atoms. The molecule has 0 saturated carbocycles. The summed E-state index contributed by atoms with van der Waals surface area (Å²) in [5.74, 6) is -3.35. The van der Waals surface area contributed by atoms with Crippen LogP contribution < -0.4 is 10.6 Å². The van der Waals surface area contributed by atoms with E-state index >= 15 is 0 Å². The fourth-order valence-electron chi connectivity index (χ4n) is 3.23. The molecular formula is C18H14F3N3O5. The molecule has 1 aliphatic rings. The van der Waals surface area contributed by atoms with Gasteiger partial charge in [0.1, 0.15) is 5.92 Å². The van der Waals surface area contributed by atoms with Gasteiger partial charge in [-0.2, -0.15) is 13.2 Å². The van der Waals surface area contributed by atoms with E-state index in [2.05, 4.69) is 5.32 Å². The molecule has 8 nitrogen and oxygen atoms in total. The molecule has 0 aliphatic carbocycles. The van der Waals surface area contributed by atoms with Crippen molar-refractivity contribution in [2.45, 2.75) is 17.9 Å². The first kappa shape index (κ1) is 20.3. The quantitative estimate of drug-likeness (QED) is 0.407. The molecule has 0 spiro atoms. The minimum absolute atomic E-state index is 0.131. The Bertz CT molecular complexity index is 967. The van der Waals surface area contributed by atoms with Crippen LogP contribution in [0.15, 0.2) is 54.6 Å². The van der Waals surface area contributed by atoms with Gasteiger partial charge in [0.05, 0.1) is 11.0 Å². The molecule has 1 heterocycles. The molecule has 152 valence electrons. The van der Waals surface area contributed by atoms with Crippen molar-refractivity contribution in [3.63, 3.8) is 0 Å². The van der Waals surface area contributed by atoms with Crippen LogP contribution in [-0.4, -0.2) is 33.7 Å². The predicted molar refractivity (Wildman–Crippen MR) is 92.8 cm³/mol. The van der Waals surface area contributed by atoms with Crippen molar-refractivity contribution in [2.24, 2.45) is 5.92 Å². The van der Waals surface area contributed by atoms with Crippen LogP contribution in [0.25, 0.3) is 0 Å². The number of urea groups is 1. The molecule has 2 amide bonds. The van der Waals surface area contributed by atoms with Gasteiger partial charge < -0.3 is 15.7 Å². The number of carbonyl (C=O) groups excluding carboxylic acids is 2. The largest absolute Gasteiger partial charge is 0.437 e. The minimum atomic E-state index is -5.40. The number of aliphatic hydroxyl groups is 1. The maximum Gasteiger partial charge on any atom is 0.437 e. The van der Waals surface area contributed by atoms with E-state index in [1.807, 2.05) is 0 Å². The number of nitrogens with one attached hydrogen (secondary N) is 2. The van der Waals surface area contributed by atoms with E-state index in [4.69, 9.17) is 0 Å². The molecule has 2 aromatic carbocycles. The van der Waals surface area contributed by atoms with E-state index in [0.29, 0.717) is 0 Å². The Morgan fingerprint density at radius 1 is 1.14 bits per heavy atom. The molecule has 2 aromatic rings. The average molecular weight is 409 g/mol. The first-order valence-corrected chi connectivity index (χ1v) is 8.26. The summed E-state index contributed by atoms with van der Waals surface area (Å²) in [4.78, 5) is 35.2. The van der Waals surface area contributed by atoms with Gasteiger partial charge in [0, 0.05) is 17.7 Å². The Labute approximate surface area is 161 Å². The molecule has 3 rings (SSSR count). The second-order valence-corrected chi connectivity index (χ2v) is 6.40. The van der Waals surface area contributed by atoms with Crippen LogP contribution in [0, 0.1) is 16.0 Å². The van der Waals surface area contributed by atoms with Gasteiger partial charge in [0.15, 0.2) is 5.78 Å². The third-order valence-electron chi connectivity index (χ3n) is 4.59. The first-order valence-electron chi connectivity index (χ1n) is 8.26. The van der Waals surface area contributed by atoms with Gasteiger partial charge in [-0.25, -0.2) is 4.79 Å². The maximum atomic E-state index is 13.8. The number of amides is 2. The number of hydrogen-bond acceptors (Lipinski definition) is 5. The summed E-state index contributed by atoms with van der Waals surface area (Å²) in [6.07, 6.45) is -5.40. The number of rotatable bonds is 4. The zero-order valence-corrected chi connectivity index (χ0v) is 14.5. The van der Waals surface area contributed by atoms with Crippen molar-refractivity contribution in [3.8, 4) is 0 Å². The lowest BCUT2D eigenvalue weighted by Crippen LogP contribution is -2.72. The van der Waals surface area contributed by atoms with Crippen molar-refractivity contribution in [1.82, 2.24) is 10.6 Å². The van der Waals surface area contributed by atoms with E-state index in [0.717, 1.165) is 12.1 Å². The molecule has 1 aliphatic heterocycles. The van der Waals surface area contributed by atoms with Gasteiger partial charge in [-0.1, -0.05) is 42.5 Å². The number of halogens is 3. The summed E-state index contributed by atoms with van der Waals surface area (Å²) in [6.45, 7) is 0. The highest BCUT2D eigenvalue weighted by molar-refractivity contribution is 6.00. The van der Waals surface area contributed by atoms with E-state index in [9.17, 15) is 38.0 Å². The van der Waals surface area contributed by atoms with Crippen LogP contribution in [-0.2, 0) is 0 Å². The lowest BCUT2D eigenvalue weighted by Gasteiger charge is -2.45. The smallest absolute Gasteiger partial charge is 0.363 e. The maximum absolute atomic E-state index is 13.8. The summed E-state index contributed by atoms with van der Waals surface area (Å²) in [5.41, 5.74) is -4.60. The third kappa shape index (κ3) is 3.63. The molecule has 11 heteroatoms. The Morgan fingerprint density at radius 3 is 2.38 bits per heavy atom. The summed E-state index contributed by atoms with van der Waals surface area (Å²) < 4.78 is 41.3. The summed E-state index contributed by atoms with van der Waals surface area (Å²) >= 11 is 0. The van der Waals surface area contributed by atoms with E-state index in [-0.39, 0.29) is 11.1 Å². The third-order valence-corrected chi connectivity index (χ3v) is 4.59. The Hall–Kier alpha value is -3.47. The molecule has 0 aromatic heterocycles. The Balaban J connectivity index is 2.18. The lowest BCUT2D eigenvalue weighted by molar-refractivity contribution is -0.385. The number of nitro groups is 1. The standard InChI is InChI=1S/C18H14F3N3O5/c19-18(20,21)17(27)13(15(25)10-5-2-1-3-6-10)14(22-16(26)23-17)11-7-4-8-12(9-11)24(28)29/h1-9,13-14,27H,(H2,22,23,26). The Kier molecular flexibility index (Phi) is 5.01. The van der Waals surface area contributed by atoms with Gasteiger partial charge in [0.2, 0.25) is 5.72 Å². The molecule has 3 unspecified atom stereocenters. The highest BCUT2D eigenvalue weighted by Crippen LogP contribution is 2.44. The van der Waals surface area contributed by atoms with E-state index in [1.54, 1.807) is 6.07 Å². The normalized spacial score (nSPS) is 24.3. The van der Waals surface area contributed by atoms with E-state index < -0.39 is 46.3 Å². The van der Waals surface area contributed by atoms with Crippen LogP contribution in [0.4, 0.5) is 23.7 Å². The number of non-ortho nitro benzene ring substituents is 1. The van der Waals surface area contributed by atoms with Crippen molar-refractivity contribution < 1.29 is 32.8 Å². The van der Waals surface area contributed by atoms with Crippen molar-refractivity contribution in [2.75, 3.05) is 0 Å². The minimum Gasteiger partial charge on any atom is -0.363 e. The number of alkyl halides is 3. The second-order valence-electron chi connectivity index (χ2n) is 6.40. The summed E-state index contributed by atoms with van der Waals surface area (Å²) in [5, 5.41) is 25.0. The summed E-state index contributed by atoms with van der Waals surface area (Å²) in [7, 11) is 0. The molecule has 3 atom stereocenters. The second kappa shape index (κ2) is 7.17. The number of ketones is 1. The number of hydrogen-bond donors (Lipinski definition) is 3. The number of nitro benzene ring substituents is 1. The van der Waals surface area contributed by atoms with Crippen molar-refractivity contribution >= 4 is 17.5 Å². The number of carbonyl (C=O) groups is 2. The van der Waals surface area contributed by atoms with Crippen LogP contribution in [0.5, 0.6) is 0 Å². The van der Waals surface area contributed by atoms with Crippen molar-refractivity contribution in [1.29, 1.82) is 0 Å². The predicted octanol–water partition coefficient (Wildman–Crippen LogP) is 2.70. The lowest BCUT2D eigenvalue weighted by atomic mass is 9.77. The molecule has 1 saturated heterocycles. The fraction of sp³-hybridized carbons (Fsp3) is 0.222. The van der Waals surface area contributed by atoms with Gasteiger partial charge >= 0.3 is 12.2 Å². The topological polar surface area (TPSA) is 122 Å². The zero-order chi connectivity index (χ0) is 21.4. The van der Waals surface area contributed by atoms with Crippen LogP contribution in [0.2, 0.25) is 0 Å². The van der Waals surface area contributed by atoms with E-state index in [1.165, 1.54) is 41.7 Å². The van der Waals surface area contributed by atoms with Gasteiger partial charge in [-0.05, 0) is 5.56 Å². The molecule has 0 radical (unpaired) electrons. The highest BCUT2D eigenvalue weighted by atomic mass is 19.4. The molecular weight excluding hydrogens is 395 g/mol. The van der Waals surface area contributed by atoms with Gasteiger partial charge in [-0.15, -0.1) is 0 Å². The number of Topliss-reactive ketones (excluding diaryl/α,β-unsaturated/α-hetero) is 1. The molecule has 29 heavy (non-hydrogen) atoms. The fourth-order valence-corrected chi connectivity index (χ4v) is 3.23. The molecule has 3 N–H and O–H groups in total. The van der Waals surface area contributed by atoms with Crippen LogP contribution in [0.1, 0.15) is 22.0 Å². The first-order chi connectivity index (χ1) is 13.5. The average Bonchev–Trinajstić information content (AvgIpc) is 2.67. The molecule has 1 fully saturated rings. The monoisotopic (exact) mass is 409 g/mol. The number of benzene rings is 2. The van der Waals surface area contributed by atoms with Gasteiger partial charge in [-0.3, -0.25) is 14.9 Å². The summed E-state index contributed by atoms with van der Waals surface area (Å²) in [6, 6.07) is 8.36. The number of nitrogens with zero attached hydrogens (tertiary/aromatic N) is 1. The van der Waals surface area contributed by atoms with Crippen molar-refractivity contribution in [3.05, 3.63) is 75.8 Å². The van der Waals surface area contributed by atoms with Crippen LogP contribution >= 0.6 is 0 Å².